The third-order valence-electron chi connectivity index (χ3n) is 0.678. The molecule has 0 aliphatic heterocycles. The molecule has 0 aromatic heterocycles. The van der Waals surface area contributed by atoms with Crippen molar-refractivity contribution in [1.29, 1.82) is 0 Å². The lowest BCUT2D eigenvalue weighted by molar-refractivity contribution is 0.544. The second-order valence-electron chi connectivity index (χ2n) is 1.13. The molecule has 1 unspecified atom stereocenters. The van der Waals surface area contributed by atoms with Gasteiger partial charge in [0, 0.05) is 4.91 Å². The van der Waals surface area contributed by atoms with E-state index >= 15 is 0 Å². The standard InChI is InChI=1S/C5H8O2S/c1-3-5(4-2)8(6)7/h3-4H,1H2,2H3,(H,6,7)/p-1/b5-4+. The van der Waals surface area contributed by atoms with Crippen LogP contribution in [0.3, 0.4) is 0 Å². The van der Waals surface area contributed by atoms with Gasteiger partial charge in [-0.15, -0.1) is 0 Å². The molecular weight excluding hydrogens is 124 g/mol. The quantitative estimate of drug-likeness (QED) is 0.413. The van der Waals surface area contributed by atoms with Crippen molar-refractivity contribution in [3.05, 3.63) is 23.6 Å². The lowest BCUT2D eigenvalue weighted by Crippen LogP contribution is -1.87. The maximum atomic E-state index is 10.0. The third kappa shape index (κ3) is 2.04. The molecule has 1 atom stereocenters. The SMILES string of the molecule is C=C/C(=C\C)S(=O)[O-]. The van der Waals surface area contributed by atoms with Gasteiger partial charge in [-0.3, -0.25) is 4.21 Å². The van der Waals surface area contributed by atoms with E-state index in [1.165, 1.54) is 12.2 Å². The second-order valence-corrected chi connectivity index (χ2v) is 2.07. The monoisotopic (exact) mass is 131 g/mol. The van der Waals surface area contributed by atoms with Crippen molar-refractivity contribution in [2.45, 2.75) is 6.92 Å². The van der Waals surface area contributed by atoms with Crippen molar-refractivity contribution >= 4 is 11.1 Å². The number of hydrogen-bond donors (Lipinski definition) is 0. The number of allylic oxidation sites excluding steroid dienone is 2. The minimum absolute atomic E-state index is 0.241. The topological polar surface area (TPSA) is 40.1 Å². The fraction of sp³-hybridized carbons (Fsp3) is 0.200. The molecule has 0 saturated carbocycles. The van der Waals surface area contributed by atoms with E-state index in [0.29, 0.717) is 0 Å². The molecule has 0 radical (unpaired) electrons. The summed E-state index contributed by atoms with van der Waals surface area (Å²) in [6.45, 7) is 4.94. The van der Waals surface area contributed by atoms with Crippen LogP contribution in [0, 0.1) is 0 Å². The van der Waals surface area contributed by atoms with Gasteiger partial charge in [-0.25, -0.2) is 0 Å². The Morgan fingerprint density at radius 2 is 2.38 bits per heavy atom. The lowest BCUT2D eigenvalue weighted by atomic mass is 10.5. The summed E-state index contributed by atoms with van der Waals surface area (Å²) in [7, 11) is 0. The predicted octanol–water partition coefficient (Wildman–Crippen LogP) is 0.955. The van der Waals surface area contributed by atoms with E-state index in [9.17, 15) is 8.76 Å². The lowest BCUT2D eigenvalue weighted by Gasteiger charge is -2.02. The Labute approximate surface area is 51.2 Å². The Kier molecular flexibility index (Phi) is 3.39. The highest BCUT2D eigenvalue weighted by Gasteiger charge is 1.83. The highest BCUT2D eigenvalue weighted by atomic mass is 32.2. The van der Waals surface area contributed by atoms with Gasteiger partial charge in [0.2, 0.25) is 0 Å². The van der Waals surface area contributed by atoms with Crippen LogP contribution in [0.4, 0.5) is 0 Å². The van der Waals surface area contributed by atoms with Gasteiger partial charge in [-0.2, -0.15) is 0 Å². The van der Waals surface area contributed by atoms with Crippen LogP contribution in [0.25, 0.3) is 0 Å². The molecule has 0 aliphatic rings. The normalized spacial score (nSPS) is 15.5. The number of hydrogen-bond acceptors (Lipinski definition) is 2. The van der Waals surface area contributed by atoms with Crippen LogP contribution in [-0.4, -0.2) is 8.76 Å². The predicted molar refractivity (Wildman–Crippen MR) is 32.9 cm³/mol. The van der Waals surface area contributed by atoms with Crippen molar-refractivity contribution in [3.8, 4) is 0 Å². The number of rotatable bonds is 2. The minimum Gasteiger partial charge on any atom is -0.768 e. The molecule has 0 aliphatic carbocycles. The summed E-state index contributed by atoms with van der Waals surface area (Å²) in [4.78, 5) is 0.241. The first-order valence-corrected chi connectivity index (χ1v) is 3.18. The van der Waals surface area contributed by atoms with Crippen LogP contribution in [0.15, 0.2) is 23.6 Å². The summed E-state index contributed by atoms with van der Waals surface area (Å²) >= 11 is -2.11. The molecule has 0 amide bonds. The Balaban J connectivity index is 4.13. The first-order valence-electron chi connectivity index (χ1n) is 2.10. The van der Waals surface area contributed by atoms with Crippen molar-refractivity contribution in [1.82, 2.24) is 0 Å². The van der Waals surface area contributed by atoms with Crippen molar-refractivity contribution in [2.75, 3.05) is 0 Å². The van der Waals surface area contributed by atoms with Crippen LogP contribution >= 0.6 is 0 Å². The maximum Gasteiger partial charge on any atom is 0.0200 e. The molecule has 0 rings (SSSR count). The van der Waals surface area contributed by atoms with Gasteiger partial charge in [0.1, 0.15) is 0 Å². The molecule has 3 heteroatoms. The second kappa shape index (κ2) is 3.57. The van der Waals surface area contributed by atoms with Crippen LogP contribution in [0.2, 0.25) is 0 Å². The van der Waals surface area contributed by atoms with E-state index in [2.05, 4.69) is 6.58 Å². The summed E-state index contributed by atoms with van der Waals surface area (Å²) in [5.74, 6) is 0. The third-order valence-corrected chi connectivity index (χ3v) is 1.47. The van der Waals surface area contributed by atoms with Gasteiger partial charge in [0.05, 0.1) is 0 Å². The van der Waals surface area contributed by atoms with Gasteiger partial charge in [-0.1, -0.05) is 18.7 Å². The van der Waals surface area contributed by atoms with E-state index in [-0.39, 0.29) is 4.91 Å². The first kappa shape index (κ1) is 7.59. The molecule has 0 bridgehead atoms. The van der Waals surface area contributed by atoms with Crippen LogP contribution in [0.5, 0.6) is 0 Å². The van der Waals surface area contributed by atoms with Gasteiger partial charge >= 0.3 is 0 Å². The first-order chi connectivity index (χ1) is 3.72. The summed E-state index contributed by atoms with van der Waals surface area (Å²) < 4.78 is 20.0. The Bertz CT molecular complexity index is 137. The van der Waals surface area contributed by atoms with E-state index in [0.717, 1.165) is 0 Å². The van der Waals surface area contributed by atoms with Gasteiger partial charge < -0.3 is 4.55 Å². The molecule has 0 spiro atoms. The highest BCUT2D eigenvalue weighted by Crippen LogP contribution is 1.97. The fourth-order valence-electron chi connectivity index (χ4n) is 0.282. The van der Waals surface area contributed by atoms with Gasteiger partial charge in [0.25, 0.3) is 0 Å². The molecule has 0 fully saturated rings. The molecule has 0 aromatic carbocycles. The minimum atomic E-state index is -2.11. The summed E-state index contributed by atoms with van der Waals surface area (Å²) in [5, 5.41) is 0. The Morgan fingerprint density at radius 3 is 2.38 bits per heavy atom. The molecule has 2 nitrogen and oxygen atoms in total. The molecule has 8 heavy (non-hydrogen) atoms. The zero-order chi connectivity index (χ0) is 6.57. The van der Waals surface area contributed by atoms with Crippen molar-refractivity contribution in [3.63, 3.8) is 0 Å². The summed E-state index contributed by atoms with van der Waals surface area (Å²) in [6.07, 6.45) is 2.78. The highest BCUT2D eigenvalue weighted by molar-refractivity contribution is 7.83. The largest absolute Gasteiger partial charge is 0.768 e. The smallest absolute Gasteiger partial charge is 0.0200 e. The molecule has 0 aromatic rings. The van der Waals surface area contributed by atoms with Crippen LogP contribution in [-0.2, 0) is 11.1 Å². The van der Waals surface area contributed by atoms with Crippen LogP contribution < -0.4 is 0 Å². The fourth-order valence-corrected chi connectivity index (χ4v) is 0.611. The van der Waals surface area contributed by atoms with E-state index in [1.807, 2.05) is 0 Å². The molecular formula is C5H7O2S-. The van der Waals surface area contributed by atoms with E-state index < -0.39 is 11.1 Å². The molecule has 0 heterocycles. The average molecular weight is 131 g/mol. The Morgan fingerprint density at radius 1 is 1.88 bits per heavy atom. The average Bonchev–Trinajstić information content (AvgIpc) is 1.69. The van der Waals surface area contributed by atoms with Crippen molar-refractivity contribution in [2.24, 2.45) is 0 Å². The molecule has 0 N–H and O–H groups in total. The van der Waals surface area contributed by atoms with E-state index in [4.69, 9.17) is 0 Å². The van der Waals surface area contributed by atoms with E-state index in [1.54, 1.807) is 6.92 Å². The zero-order valence-corrected chi connectivity index (χ0v) is 5.40. The maximum absolute atomic E-state index is 10.0. The van der Waals surface area contributed by atoms with Crippen molar-refractivity contribution < 1.29 is 8.76 Å². The summed E-state index contributed by atoms with van der Waals surface area (Å²) in [6, 6.07) is 0. The summed E-state index contributed by atoms with van der Waals surface area (Å²) in [5.41, 5.74) is 0. The van der Waals surface area contributed by atoms with Crippen LogP contribution in [0.1, 0.15) is 6.92 Å². The van der Waals surface area contributed by atoms with Gasteiger partial charge in [-0.05, 0) is 18.0 Å². The zero-order valence-electron chi connectivity index (χ0n) is 4.59. The Hall–Kier alpha value is -0.410. The molecule has 0 saturated heterocycles. The molecule has 46 valence electrons. The van der Waals surface area contributed by atoms with Gasteiger partial charge in [0.15, 0.2) is 0 Å².